The van der Waals surface area contributed by atoms with Gasteiger partial charge in [0.2, 0.25) is 24.1 Å². The van der Waals surface area contributed by atoms with Crippen LogP contribution in [-0.2, 0) is 9.59 Å². The smallest absolute Gasteiger partial charge is 0.248 e. The molecule has 2 N–H and O–H groups in total. The van der Waals surface area contributed by atoms with Gasteiger partial charge in [0.15, 0.2) is 0 Å². The van der Waals surface area contributed by atoms with Gasteiger partial charge in [0.1, 0.15) is 11.9 Å². The van der Waals surface area contributed by atoms with Crippen LogP contribution >= 0.6 is 0 Å². The van der Waals surface area contributed by atoms with Crippen LogP contribution in [0.2, 0.25) is 0 Å². The summed E-state index contributed by atoms with van der Waals surface area (Å²) in [6.45, 7) is 1.79. The summed E-state index contributed by atoms with van der Waals surface area (Å²) in [7, 11) is 0. The average molecular weight is 542 g/mol. The Labute approximate surface area is 232 Å². The van der Waals surface area contributed by atoms with E-state index in [4.69, 9.17) is 4.42 Å². The van der Waals surface area contributed by atoms with E-state index >= 15 is 0 Å². The monoisotopic (exact) mass is 541 g/mol. The molecule has 1 heterocycles. The molecule has 0 spiro atoms. The van der Waals surface area contributed by atoms with Gasteiger partial charge in [-0.2, -0.15) is 0 Å². The van der Waals surface area contributed by atoms with Gasteiger partial charge >= 0.3 is 0 Å². The molecule has 3 aromatic carbocycles. The fourth-order valence-electron chi connectivity index (χ4n) is 5.17. The predicted octanol–water partition coefficient (Wildman–Crippen LogP) is 5.82. The number of carbonyl (C=O) groups is 2. The van der Waals surface area contributed by atoms with Crippen LogP contribution in [0.25, 0.3) is 11.5 Å². The van der Waals surface area contributed by atoms with Crippen LogP contribution in [0.4, 0.5) is 15.8 Å². The van der Waals surface area contributed by atoms with Crippen LogP contribution in [-0.4, -0.2) is 34.6 Å². The summed E-state index contributed by atoms with van der Waals surface area (Å²) >= 11 is 0. The number of hydrogen-bond acceptors (Lipinski definition) is 6. The summed E-state index contributed by atoms with van der Waals surface area (Å²) in [5, 5.41) is 13.9. The van der Waals surface area contributed by atoms with Crippen molar-refractivity contribution in [3.8, 4) is 11.5 Å². The molecule has 206 valence electrons. The largest absolute Gasteiger partial charge is 0.423 e. The van der Waals surface area contributed by atoms with E-state index in [1.54, 1.807) is 36.4 Å². The molecule has 1 aromatic heterocycles. The lowest BCUT2D eigenvalue weighted by atomic mass is 9.93. The highest BCUT2D eigenvalue weighted by atomic mass is 19.1. The Hall–Kier alpha value is -4.53. The minimum absolute atomic E-state index is 0.0488. The second-order valence-corrected chi connectivity index (χ2v) is 10.0. The number of aryl methyl sites for hydroxylation is 1. The molecule has 8 nitrogen and oxygen atoms in total. The van der Waals surface area contributed by atoms with E-state index in [0.29, 0.717) is 22.8 Å². The Balaban J connectivity index is 1.44. The molecule has 9 heteroatoms. The quantitative estimate of drug-likeness (QED) is 0.277. The molecule has 1 saturated carbocycles. The Morgan fingerprint density at radius 2 is 1.80 bits per heavy atom. The van der Waals surface area contributed by atoms with E-state index < -0.39 is 11.9 Å². The lowest BCUT2D eigenvalue weighted by Gasteiger charge is -2.34. The number of aromatic nitrogens is 2. The number of amides is 2. The number of halogens is 1. The fraction of sp³-hybridized carbons (Fsp3) is 0.290. The van der Waals surface area contributed by atoms with E-state index in [1.165, 1.54) is 23.4 Å². The molecule has 5 rings (SSSR count). The highest BCUT2D eigenvalue weighted by Gasteiger charge is 2.35. The number of anilines is 2. The van der Waals surface area contributed by atoms with Crippen LogP contribution in [0.1, 0.15) is 49.3 Å². The molecule has 1 atom stereocenters. The van der Waals surface area contributed by atoms with Gasteiger partial charge in [-0.1, -0.05) is 49.6 Å². The lowest BCUT2D eigenvalue weighted by molar-refractivity contribution is -0.126. The summed E-state index contributed by atoms with van der Waals surface area (Å²) in [5.41, 5.74) is 3.30. The SMILES string of the molecule is Cc1ccccc1C(C(=O)NC1CCCCC1)N(C(=O)CNc1ccc(-c2nnco2)cc1)c1cccc(F)c1. The molecule has 1 unspecified atom stereocenters. The summed E-state index contributed by atoms with van der Waals surface area (Å²) in [6, 6.07) is 19.6. The molecule has 0 radical (unpaired) electrons. The zero-order valence-corrected chi connectivity index (χ0v) is 22.3. The van der Waals surface area contributed by atoms with Gasteiger partial charge < -0.3 is 15.1 Å². The molecule has 1 fully saturated rings. The standard InChI is InChI=1S/C31H32FN5O3/c1-21-8-5-6-13-27(21)29(30(39)35-25-10-3-2-4-11-25)37(26-12-7-9-23(32)18-26)28(38)19-33-24-16-14-22(15-17-24)31-36-34-20-40-31/h5-9,12-18,20,25,29,33H,2-4,10-11,19H2,1H3,(H,35,39). The normalized spacial score (nSPS) is 14.3. The molecular formula is C31H32FN5O3. The van der Waals surface area contributed by atoms with Crippen LogP contribution in [0.5, 0.6) is 0 Å². The minimum Gasteiger partial charge on any atom is -0.423 e. The summed E-state index contributed by atoms with van der Waals surface area (Å²) < 4.78 is 19.7. The maximum atomic E-state index is 14.4. The first kappa shape index (κ1) is 27.1. The van der Waals surface area contributed by atoms with E-state index in [-0.39, 0.29) is 24.4 Å². The van der Waals surface area contributed by atoms with E-state index in [9.17, 15) is 14.0 Å². The first-order valence-electron chi connectivity index (χ1n) is 13.5. The molecule has 0 bridgehead atoms. The van der Waals surface area contributed by atoms with Gasteiger partial charge in [0.05, 0.1) is 6.54 Å². The fourth-order valence-corrected chi connectivity index (χ4v) is 5.17. The van der Waals surface area contributed by atoms with Crippen molar-refractivity contribution in [3.63, 3.8) is 0 Å². The van der Waals surface area contributed by atoms with Crippen molar-refractivity contribution in [3.05, 3.63) is 96.1 Å². The highest BCUT2D eigenvalue weighted by Crippen LogP contribution is 2.31. The average Bonchev–Trinajstić information content (AvgIpc) is 3.51. The summed E-state index contributed by atoms with van der Waals surface area (Å²) in [4.78, 5) is 29.3. The van der Waals surface area contributed by atoms with Crippen molar-refractivity contribution in [1.29, 1.82) is 0 Å². The molecule has 4 aromatic rings. The van der Waals surface area contributed by atoms with Crippen molar-refractivity contribution in [2.24, 2.45) is 0 Å². The van der Waals surface area contributed by atoms with Crippen molar-refractivity contribution >= 4 is 23.2 Å². The second kappa shape index (κ2) is 12.5. The van der Waals surface area contributed by atoms with Gasteiger partial charge in [0.25, 0.3) is 0 Å². The van der Waals surface area contributed by atoms with Gasteiger partial charge in [0, 0.05) is 23.0 Å². The van der Waals surface area contributed by atoms with Crippen molar-refractivity contribution in [2.75, 3.05) is 16.8 Å². The van der Waals surface area contributed by atoms with Crippen molar-refractivity contribution < 1.29 is 18.4 Å². The van der Waals surface area contributed by atoms with Crippen LogP contribution in [0.3, 0.4) is 0 Å². The highest BCUT2D eigenvalue weighted by molar-refractivity contribution is 6.03. The van der Waals surface area contributed by atoms with Crippen LogP contribution < -0.4 is 15.5 Å². The maximum Gasteiger partial charge on any atom is 0.248 e. The Morgan fingerprint density at radius 3 is 2.50 bits per heavy atom. The predicted molar refractivity (Wildman–Crippen MR) is 151 cm³/mol. The topological polar surface area (TPSA) is 100 Å². The van der Waals surface area contributed by atoms with Crippen LogP contribution in [0.15, 0.2) is 83.6 Å². The number of rotatable bonds is 9. The minimum atomic E-state index is -0.973. The summed E-state index contributed by atoms with van der Waals surface area (Å²) in [6.07, 6.45) is 6.34. The first-order chi connectivity index (χ1) is 19.5. The molecule has 0 saturated heterocycles. The zero-order valence-electron chi connectivity index (χ0n) is 22.3. The number of benzene rings is 3. The molecular weight excluding hydrogens is 509 g/mol. The van der Waals surface area contributed by atoms with Crippen LogP contribution in [0, 0.1) is 12.7 Å². The molecule has 2 amide bonds. The van der Waals surface area contributed by atoms with Crippen molar-refractivity contribution in [1.82, 2.24) is 15.5 Å². The van der Waals surface area contributed by atoms with Gasteiger partial charge in [-0.05, 0) is 73.4 Å². The molecule has 40 heavy (non-hydrogen) atoms. The van der Waals surface area contributed by atoms with E-state index in [1.807, 2.05) is 31.2 Å². The number of nitrogens with zero attached hydrogens (tertiary/aromatic N) is 3. The zero-order chi connectivity index (χ0) is 27.9. The maximum absolute atomic E-state index is 14.4. The van der Waals surface area contributed by atoms with E-state index in [2.05, 4.69) is 20.8 Å². The number of nitrogens with one attached hydrogen (secondary N) is 2. The Bertz CT molecular complexity index is 1440. The van der Waals surface area contributed by atoms with Gasteiger partial charge in [-0.25, -0.2) is 4.39 Å². The molecule has 1 aliphatic carbocycles. The Morgan fingerprint density at radius 1 is 1.02 bits per heavy atom. The number of hydrogen-bond donors (Lipinski definition) is 2. The second-order valence-electron chi connectivity index (χ2n) is 10.0. The van der Waals surface area contributed by atoms with Gasteiger partial charge in [-0.15, -0.1) is 10.2 Å². The van der Waals surface area contributed by atoms with Crippen molar-refractivity contribution in [2.45, 2.75) is 51.1 Å². The summed E-state index contributed by atoms with van der Waals surface area (Å²) in [5.74, 6) is -0.748. The first-order valence-corrected chi connectivity index (χ1v) is 13.5. The third-order valence-electron chi connectivity index (χ3n) is 7.23. The lowest BCUT2D eigenvalue weighted by Crippen LogP contribution is -2.48. The van der Waals surface area contributed by atoms with E-state index in [0.717, 1.165) is 43.2 Å². The van der Waals surface area contributed by atoms with Gasteiger partial charge in [-0.3, -0.25) is 14.5 Å². The molecule has 0 aliphatic heterocycles. The third-order valence-corrected chi connectivity index (χ3v) is 7.23. The Kier molecular flexibility index (Phi) is 8.49. The third kappa shape index (κ3) is 6.36. The molecule has 1 aliphatic rings. The number of carbonyl (C=O) groups excluding carboxylic acids is 2.